The lowest BCUT2D eigenvalue weighted by Gasteiger charge is -2.03. The third-order valence-corrected chi connectivity index (χ3v) is 2.74. The van der Waals surface area contributed by atoms with Crippen LogP contribution in [0.2, 0.25) is 0 Å². The first kappa shape index (κ1) is 8.77. The molecule has 0 aromatic carbocycles. The molecule has 0 saturated heterocycles. The highest BCUT2D eigenvalue weighted by molar-refractivity contribution is 14.1. The lowest BCUT2D eigenvalue weighted by Crippen LogP contribution is -2.18. The van der Waals surface area contributed by atoms with Crippen LogP contribution < -0.4 is 5.56 Å². The van der Waals surface area contributed by atoms with Crippen LogP contribution in [0.3, 0.4) is 0 Å². The van der Waals surface area contributed by atoms with Gasteiger partial charge in [-0.25, -0.2) is 0 Å². The van der Waals surface area contributed by atoms with Crippen molar-refractivity contribution < 1.29 is 0 Å². The third kappa shape index (κ3) is 1.83. The van der Waals surface area contributed by atoms with E-state index in [4.69, 9.17) is 0 Å². The second-order valence-electron chi connectivity index (χ2n) is 2.43. The lowest BCUT2D eigenvalue weighted by atomic mass is 10.3. The van der Waals surface area contributed by atoms with E-state index in [2.05, 4.69) is 22.6 Å². The zero-order valence-corrected chi connectivity index (χ0v) is 8.75. The lowest BCUT2D eigenvalue weighted by molar-refractivity contribution is 0.721. The molecule has 0 aliphatic carbocycles. The molecule has 0 aliphatic heterocycles. The van der Waals surface area contributed by atoms with Crippen molar-refractivity contribution in [1.82, 2.24) is 4.57 Å². The van der Waals surface area contributed by atoms with Gasteiger partial charge in [0.2, 0.25) is 0 Å². The molecule has 60 valence electrons. The number of nitrogens with zero attached hydrogens (tertiary/aromatic N) is 1. The number of halogens is 1. The van der Waals surface area contributed by atoms with Crippen molar-refractivity contribution in [3.63, 3.8) is 0 Å². The zero-order valence-electron chi connectivity index (χ0n) is 6.60. The molecule has 0 aliphatic rings. The van der Waals surface area contributed by atoms with Crippen LogP contribution in [-0.2, 0) is 6.54 Å². The van der Waals surface area contributed by atoms with E-state index in [1.54, 1.807) is 10.6 Å². The second kappa shape index (κ2) is 3.38. The Kier molecular flexibility index (Phi) is 2.70. The highest BCUT2D eigenvalue weighted by Crippen LogP contribution is 2.06. The molecule has 1 aromatic heterocycles. The molecule has 0 radical (unpaired) electrons. The SMILES string of the molecule is CCn1cc(I)c(C)cc1=O. The normalized spacial score (nSPS) is 10.1. The Balaban J connectivity index is 3.32. The summed E-state index contributed by atoms with van der Waals surface area (Å²) in [4.78, 5) is 11.2. The highest BCUT2D eigenvalue weighted by atomic mass is 127. The van der Waals surface area contributed by atoms with Gasteiger partial charge in [0.1, 0.15) is 0 Å². The maximum absolute atomic E-state index is 11.2. The fourth-order valence-electron chi connectivity index (χ4n) is 0.886. The monoisotopic (exact) mass is 263 g/mol. The van der Waals surface area contributed by atoms with Gasteiger partial charge in [-0.2, -0.15) is 0 Å². The number of pyridine rings is 1. The molecule has 0 saturated carbocycles. The quantitative estimate of drug-likeness (QED) is 0.708. The second-order valence-corrected chi connectivity index (χ2v) is 3.59. The van der Waals surface area contributed by atoms with Gasteiger partial charge in [-0.05, 0) is 42.0 Å². The molecule has 0 N–H and O–H groups in total. The van der Waals surface area contributed by atoms with Crippen LogP contribution in [0.1, 0.15) is 12.5 Å². The Morgan fingerprint density at radius 2 is 2.27 bits per heavy atom. The summed E-state index contributed by atoms with van der Waals surface area (Å²) in [6.45, 7) is 4.66. The minimum absolute atomic E-state index is 0.0883. The Hall–Kier alpha value is -0.320. The third-order valence-electron chi connectivity index (χ3n) is 1.61. The van der Waals surface area contributed by atoms with Crippen molar-refractivity contribution in [3.05, 3.63) is 31.8 Å². The summed E-state index contributed by atoms with van der Waals surface area (Å²) in [6.07, 6.45) is 1.89. The predicted molar refractivity (Wildman–Crippen MR) is 53.8 cm³/mol. The van der Waals surface area contributed by atoms with Gasteiger partial charge in [-0.3, -0.25) is 4.79 Å². The van der Waals surface area contributed by atoms with Gasteiger partial charge in [-0.1, -0.05) is 0 Å². The molecule has 1 heterocycles. The molecule has 0 fully saturated rings. The van der Waals surface area contributed by atoms with Crippen LogP contribution in [0.25, 0.3) is 0 Å². The standard InChI is InChI=1S/C8H10INO/c1-3-10-5-7(9)6(2)4-8(10)11/h4-5H,3H2,1-2H3. The summed E-state index contributed by atoms with van der Waals surface area (Å²) in [5.74, 6) is 0. The smallest absolute Gasteiger partial charge is 0.250 e. The fraction of sp³-hybridized carbons (Fsp3) is 0.375. The van der Waals surface area contributed by atoms with E-state index < -0.39 is 0 Å². The van der Waals surface area contributed by atoms with Gasteiger partial charge in [0.15, 0.2) is 0 Å². The minimum Gasteiger partial charge on any atom is -0.315 e. The van der Waals surface area contributed by atoms with Crippen molar-refractivity contribution in [2.24, 2.45) is 0 Å². The van der Waals surface area contributed by atoms with Crippen molar-refractivity contribution in [2.45, 2.75) is 20.4 Å². The van der Waals surface area contributed by atoms with E-state index in [0.717, 1.165) is 15.7 Å². The van der Waals surface area contributed by atoms with Crippen LogP contribution in [0.4, 0.5) is 0 Å². The summed E-state index contributed by atoms with van der Waals surface area (Å²) in [5.41, 5.74) is 1.14. The molecule has 2 nitrogen and oxygen atoms in total. The molecule has 1 aromatic rings. The largest absolute Gasteiger partial charge is 0.315 e. The topological polar surface area (TPSA) is 22.0 Å². The van der Waals surface area contributed by atoms with Gasteiger partial charge in [0.05, 0.1) is 0 Å². The van der Waals surface area contributed by atoms with E-state index in [1.807, 2.05) is 20.0 Å². The Bertz CT molecular complexity index is 316. The van der Waals surface area contributed by atoms with Gasteiger partial charge in [0.25, 0.3) is 5.56 Å². The van der Waals surface area contributed by atoms with Crippen LogP contribution >= 0.6 is 22.6 Å². The average molecular weight is 263 g/mol. The molecule has 11 heavy (non-hydrogen) atoms. The average Bonchev–Trinajstić information content (AvgIpc) is 1.97. The molecule has 3 heteroatoms. The van der Waals surface area contributed by atoms with E-state index in [-0.39, 0.29) is 5.56 Å². The summed E-state index contributed by atoms with van der Waals surface area (Å²) >= 11 is 2.23. The summed E-state index contributed by atoms with van der Waals surface area (Å²) in [7, 11) is 0. The molecule has 0 spiro atoms. The van der Waals surface area contributed by atoms with Crippen LogP contribution in [0.15, 0.2) is 17.1 Å². The number of rotatable bonds is 1. The Morgan fingerprint density at radius 3 is 2.82 bits per heavy atom. The van der Waals surface area contributed by atoms with Gasteiger partial charge < -0.3 is 4.57 Å². The Morgan fingerprint density at radius 1 is 1.64 bits per heavy atom. The van der Waals surface area contributed by atoms with E-state index in [9.17, 15) is 4.79 Å². The van der Waals surface area contributed by atoms with E-state index in [0.29, 0.717) is 0 Å². The van der Waals surface area contributed by atoms with Gasteiger partial charge >= 0.3 is 0 Å². The molecule has 0 amide bonds. The number of aryl methyl sites for hydroxylation is 2. The van der Waals surface area contributed by atoms with Crippen LogP contribution in [0.5, 0.6) is 0 Å². The first-order chi connectivity index (χ1) is 5.15. The predicted octanol–water partition coefficient (Wildman–Crippen LogP) is 1.78. The molecule has 0 bridgehead atoms. The summed E-state index contributed by atoms with van der Waals surface area (Å²) in [5, 5.41) is 0. The molecule has 0 atom stereocenters. The van der Waals surface area contributed by atoms with Crippen molar-refractivity contribution in [1.29, 1.82) is 0 Å². The fourth-order valence-corrected chi connectivity index (χ4v) is 1.38. The van der Waals surface area contributed by atoms with E-state index in [1.165, 1.54) is 0 Å². The van der Waals surface area contributed by atoms with Gasteiger partial charge in [0, 0.05) is 22.4 Å². The van der Waals surface area contributed by atoms with Crippen LogP contribution in [0, 0.1) is 10.5 Å². The molecular weight excluding hydrogens is 253 g/mol. The number of hydrogen-bond acceptors (Lipinski definition) is 1. The minimum atomic E-state index is 0.0883. The van der Waals surface area contributed by atoms with Crippen LogP contribution in [-0.4, -0.2) is 4.57 Å². The molecule has 1 rings (SSSR count). The van der Waals surface area contributed by atoms with Crippen molar-refractivity contribution >= 4 is 22.6 Å². The van der Waals surface area contributed by atoms with E-state index >= 15 is 0 Å². The van der Waals surface area contributed by atoms with Crippen molar-refractivity contribution in [2.75, 3.05) is 0 Å². The Labute approximate surface area is 79.4 Å². The summed E-state index contributed by atoms with van der Waals surface area (Å²) < 4.78 is 2.85. The zero-order chi connectivity index (χ0) is 8.43. The van der Waals surface area contributed by atoms with Gasteiger partial charge in [-0.15, -0.1) is 0 Å². The molecule has 0 unspecified atom stereocenters. The highest BCUT2D eigenvalue weighted by Gasteiger charge is 1.97. The van der Waals surface area contributed by atoms with Crippen molar-refractivity contribution in [3.8, 4) is 0 Å². The summed E-state index contributed by atoms with van der Waals surface area (Å²) in [6, 6.07) is 1.67. The first-order valence-corrected chi connectivity index (χ1v) is 4.59. The maximum atomic E-state index is 11.2. The first-order valence-electron chi connectivity index (χ1n) is 3.51. The molecular formula is C8H10INO. The number of hydrogen-bond donors (Lipinski definition) is 0. The maximum Gasteiger partial charge on any atom is 0.250 e. The number of aromatic nitrogens is 1.